The van der Waals surface area contributed by atoms with Crippen LogP contribution in [0, 0.1) is 17.0 Å². The Kier molecular flexibility index (Phi) is 4.85. The van der Waals surface area contributed by atoms with Crippen molar-refractivity contribution in [2.24, 2.45) is 0 Å². The van der Waals surface area contributed by atoms with Gasteiger partial charge in [0.25, 0.3) is 5.69 Å². The average molecular weight is 355 g/mol. The molecule has 0 atom stereocenters. The van der Waals surface area contributed by atoms with E-state index in [1.165, 1.54) is 22.5 Å². The zero-order chi connectivity index (χ0) is 17.8. The Morgan fingerprint density at radius 3 is 2.72 bits per heavy atom. The zero-order valence-electron chi connectivity index (χ0n) is 13.2. The van der Waals surface area contributed by atoms with Crippen molar-refractivity contribution < 1.29 is 9.72 Å². The smallest absolute Gasteiger partial charge is 0.273 e. The molecule has 126 valence electrons. The number of hydrogen-bond acceptors (Lipinski definition) is 7. The molecule has 0 aliphatic rings. The predicted octanol–water partition coefficient (Wildman–Crippen LogP) is 2.85. The van der Waals surface area contributed by atoms with Gasteiger partial charge in [0.15, 0.2) is 5.78 Å². The van der Waals surface area contributed by atoms with E-state index in [-0.39, 0.29) is 17.2 Å². The van der Waals surface area contributed by atoms with Crippen molar-refractivity contribution in [3.05, 3.63) is 69.8 Å². The molecule has 3 rings (SSSR count). The number of nitro groups is 1. The molecular formula is C16H13N5O3S. The number of hydrogen-bond donors (Lipinski definition) is 0. The number of carbonyl (C=O) groups is 1. The fourth-order valence-corrected chi connectivity index (χ4v) is 2.98. The minimum absolute atomic E-state index is 0.0648. The van der Waals surface area contributed by atoms with E-state index in [9.17, 15) is 14.9 Å². The lowest BCUT2D eigenvalue weighted by Crippen LogP contribution is -2.06. The number of aryl methyl sites for hydroxylation is 1. The summed E-state index contributed by atoms with van der Waals surface area (Å²) in [5, 5.41) is 23.0. The van der Waals surface area contributed by atoms with E-state index in [0.29, 0.717) is 16.3 Å². The Morgan fingerprint density at radius 2 is 2.00 bits per heavy atom. The molecule has 9 heteroatoms. The van der Waals surface area contributed by atoms with Gasteiger partial charge in [-0.3, -0.25) is 14.9 Å². The first-order valence-electron chi connectivity index (χ1n) is 7.31. The first-order valence-corrected chi connectivity index (χ1v) is 8.29. The molecule has 0 radical (unpaired) electrons. The van der Waals surface area contributed by atoms with Crippen LogP contribution in [0.3, 0.4) is 0 Å². The number of aromatic nitrogens is 4. The number of carbonyl (C=O) groups excluding carboxylic acids is 1. The van der Waals surface area contributed by atoms with Gasteiger partial charge in [-0.2, -0.15) is 4.68 Å². The second kappa shape index (κ2) is 7.22. The van der Waals surface area contributed by atoms with Crippen LogP contribution in [0.25, 0.3) is 5.69 Å². The molecule has 3 aromatic rings. The molecule has 8 nitrogen and oxygen atoms in total. The number of nitrogens with zero attached hydrogens (tertiary/aromatic N) is 5. The molecule has 0 unspecified atom stereocenters. The van der Waals surface area contributed by atoms with Gasteiger partial charge in [0.1, 0.15) is 0 Å². The largest absolute Gasteiger partial charge is 0.293 e. The molecule has 0 N–H and O–H groups in total. The Hall–Kier alpha value is -3.07. The normalized spacial score (nSPS) is 10.6. The molecule has 0 bridgehead atoms. The third kappa shape index (κ3) is 3.72. The lowest BCUT2D eigenvalue weighted by molar-refractivity contribution is -0.385. The molecule has 2 aromatic carbocycles. The highest BCUT2D eigenvalue weighted by atomic mass is 32.2. The minimum Gasteiger partial charge on any atom is -0.293 e. The third-order valence-electron chi connectivity index (χ3n) is 3.50. The van der Waals surface area contributed by atoms with E-state index in [0.717, 1.165) is 5.69 Å². The molecule has 0 saturated heterocycles. The predicted molar refractivity (Wildman–Crippen MR) is 92.0 cm³/mol. The highest BCUT2D eigenvalue weighted by molar-refractivity contribution is 7.99. The van der Waals surface area contributed by atoms with Crippen LogP contribution in [0.2, 0.25) is 0 Å². The van der Waals surface area contributed by atoms with Gasteiger partial charge in [-0.1, -0.05) is 42.1 Å². The first-order chi connectivity index (χ1) is 12.1. The van der Waals surface area contributed by atoms with Crippen molar-refractivity contribution in [3.8, 4) is 5.69 Å². The number of ketones is 1. The third-order valence-corrected chi connectivity index (χ3v) is 4.42. The van der Waals surface area contributed by atoms with Gasteiger partial charge < -0.3 is 0 Å². The van der Waals surface area contributed by atoms with Crippen molar-refractivity contribution in [2.45, 2.75) is 12.1 Å². The molecule has 0 aliphatic carbocycles. The summed E-state index contributed by atoms with van der Waals surface area (Å²) in [7, 11) is 0. The summed E-state index contributed by atoms with van der Waals surface area (Å²) in [5.41, 5.74) is 1.53. The zero-order valence-corrected chi connectivity index (χ0v) is 14.0. The molecule has 0 aliphatic heterocycles. The highest BCUT2D eigenvalue weighted by Gasteiger charge is 2.17. The number of Topliss-reactive ketones (excluding diaryl/α,β-unsaturated/α-hetero) is 1. The van der Waals surface area contributed by atoms with Gasteiger partial charge in [-0.15, -0.1) is 5.10 Å². The summed E-state index contributed by atoms with van der Waals surface area (Å²) in [6, 6.07) is 13.8. The van der Waals surface area contributed by atoms with Crippen LogP contribution < -0.4 is 0 Å². The van der Waals surface area contributed by atoms with Gasteiger partial charge in [-0.05, 0) is 29.5 Å². The Labute approximate surface area is 147 Å². The van der Waals surface area contributed by atoms with E-state index in [4.69, 9.17) is 0 Å². The number of benzene rings is 2. The molecule has 0 spiro atoms. The van der Waals surface area contributed by atoms with Crippen molar-refractivity contribution in [2.75, 3.05) is 5.75 Å². The van der Waals surface area contributed by atoms with Crippen molar-refractivity contribution in [1.82, 2.24) is 20.2 Å². The lowest BCUT2D eigenvalue weighted by atomic mass is 10.1. The first kappa shape index (κ1) is 16.8. The highest BCUT2D eigenvalue weighted by Crippen LogP contribution is 2.22. The van der Waals surface area contributed by atoms with E-state index >= 15 is 0 Å². The summed E-state index contributed by atoms with van der Waals surface area (Å²) in [6.07, 6.45) is 0. The van der Waals surface area contributed by atoms with Gasteiger partial charge >= 0.3 is 0 Å². The quantitative estimate of drug-likeness (QED) is 0.290. The topological polar surface area (TPSA) is 104 Å². The van der Waals surface area contributed by atoms with Crippen LogP contribution in [-0.4, -0.2) is 36.7 Å². The summed E-state index contributed by atoms with van der Waals surface area (Å²) < 4.78 is 1.54. The minimum atomic E-state index is -0.491. The number of rotatable bonds is 6. The van der Waals surface area contributed by atoms with Crippen molar-refractivity contribution in [3.63, 3.8) is 0 Å². The Morgan fingerprint density at radius 1 is 1.24 bits per heavy atom. The molecule has 1 aromatic heterocycles. The second-order valence-corrected chi connectivity index (χ2v) is 6.12. The van der Waals surface area contributed by atoms with Crippen LogP contribution in [0.5, 0.6) is 0 Å². The van der Waals surface area contributed by atoms with E-state index in [1.807, 2.05) is 30.3 Å². The van der Waals surface area contributed by atoms with Crippen LogP contribution >= 0.6 is 11.8 Å². The molecular weight excluding hydrogens is 342 g/mol. The SMILES string of the molecule is Cc1ccc(C(=O)CSc2nnnn2-c2ccccc2)cc1[N+](=O)[O-]. The maximum atomic E-state index is 12.4. The molecule has 1 heterocycles. The lowest BCUT2D eigenvalue weighted by Gasteiger charge is -2.04. The fourth-order valence-electron chi connectivity index (χ4n) is 2.19. The van der Waals surface area contributed by atoms with Gasteiger partial charge in [0.2, 0.25) is 5.16 Å². The monoisotopic (exact) mass is 355 g/mol. The second-order valence-electron chi connectivity index (χ2n) is 5.18. The van der Waals surface area contributed by atoms with E-state index in [1.54, 1.807) is 19.1 Å². The molecule has 0 saturated carbocycles. The Bertz CT molecular complexity index is 927. The standard InChI is InChI=1S/C16H13N5O3S/c1-11-7-8-12(9-14(11)21(23)24)15(22)10-25-16-17-18-19-20(16)13-5-3-2-4-6-13/h2-9H,10H2,1H3. The Balaban J connectivity index is 1.75. The van der Waals surface area contributed by atoms with Gasteiger partial charge in [0, 0.05) is 17.2 Å². The summed E-state index contributed by atoms with van der Waals surface area (Å²) in [6.45, 7) is 1.63. The van der Waals surface area contributed by atoms with Crippen LogP contribution in [0.15, 0.2) is 53.7 Å². The number of thioether (sulfide) groups is 1. The summed E-state index contributed by atoms with van der Waals surface area (Å²) in [5.74, 6) is -0.149. The summed E-state index contributed by atoms with van der Waals surface area (Å²) >= 11 is 1.18. The fraction of sp³-hybridized carbons (Fsp3) is 0.125. The van der Waals surface area contributed by atoms with Crippen LogP contribution in [-0.2, 0) is 0 Å². The van der Waals surface area contributed by atoms with Crippen molar-refractivity contribution >= 4 is 23.2 Å². The average Bonchev–Trinajstić information content (AvgIpc) is 3.09. The number of tetrazole rings is 1. The number of nitro benzene ring substituents is 1. The van der Waals surface area contributed by atoms with Gasteiger partial charge in [0.05, 0.1) is 16.4 Å². The molecule has 0 amide bonds. The summed E-state index contributed by atoms with van der Waals surface area (Å²) in [4.78, 5) is 22.9. The van der Waals surface area contributed by atoms with Gasteiger partial charge in [-0.25, -0.2) is 0 Å². The van der Waals surface area contributed by atoms with Crippen LogP contribution in [0.4, 0.5) is 5.69 Å². The van der Waals surface area contributed by atoms with E-state index < -0.39 is 4.92 Å². The number of para-hydroxylation sites is 1. The van der Waals surface area contributed by atoms with E-state index in [2.05, 4.69) is 15.5 Å². The van der Waals surface area contributed by atoms with Crippen molar-refractivity contribution in [1.29, 1.82) is 0 Å². The maximum Gasteiger partial charge on any atom is 0.273 e. The van der Waals surface area contributed by atoms with Crippen LogP contribution in [0.1, 0.15) is 15.9 Å². The maximum absolute atomic E-state index is 12.4. The molecule has 0 fully saturated rings. The molecule has 25 heavy (non-hydrogen) atoms.